The lowest BCUT2D eigenvalue weighted by Crippen LogP contribution is -2.52. The van der Waals surface area contributed by atoms with Gasteiger partial charge in [0, 0.05) is 86.1 Å². The average Bonchev–Trinajstić information content (AvgIpc) is 3.67. The number of aryl methyl sites for hydroxylation is 1. The Kier molecular flexibility index (Phi) is 10.5. The summed E-state index contributed by atoms with van der Waals surface area (Å²) in [6.45, 7) is 6.01. The van der Waals surface area contributed by atoms with Crippen molar-refractivity contribution in [1.29, 1.82) is 0 Å². The van der Waals surface area contributed by atoms with Crippen LogP contribution in [0.1, 0.15) is 37.5 Å². The highest BCUT2D eigenvalue weighted by Crippen LogP contribution is 2.36. The van der Waals surface area contributed by atoms with Gasteiger partial charge in [0.1, 0.15) is 0 Å². The minimum atomic E-state index is -0.857. The Morgan fingerprint density at radius 1 is 1.00 bits per heavy atom. The van der Waals surface area contributed by atoms with Crippen molar-refractivity contribution < 1.29 is 23.8 Å². The Balaban J connectivity index is 0.00000448. The number of phenolic OH excluding ortho intramolecular Hbond substituents is 1. The van der Waals surface area contributed by atoms with Crippen LogP contribution in [0.4, 0.5) is 15.8 Å². The van der Waals surface area contributed by atoms with Gasteiger partial charge in [0.2, 0.25) is 0 Å². The van der Waals surface area contributed by atoms with E-state index in [9.17, 15) is 19.1 Å². The van der Waals surface area contributed by atoms with Gasteiger partial charge in [0.25, 0.3) is 11.8 Å². The van der Waals surface area contributed by atoms with Crippen molar-refractivity contribution in [2.45, 2.75) is 25.9 Å². The first-order chi connectivity index (χ1) is 24.1. The molecule has 0 saturated carbocycles. The summed E-state index contributed by atoms with van der Waals surface area (Å²) in [5, 5.41) is 14.5. The fourth-order valence-electron chi connectivity index (χ4n) is 6.98. The van der Waals surface area contributed by atoms with E-state index in [-0.39, 0.29) is 30.0 Å². The first kappa shape index (κ1) is 36.1. The second kappa shape index (κ2) is 14.9. The number of aromatic nitrogens is 3. The minimum Gasteiger partial charge on any atom is -0.505 e. The van der Waals surface area contributed by atoms with E-state index in [2.05, 4.69) is 22.1 Å². The molecule has 0 radical (unpaired) electrons. The van der Waals surface area contributed by atoms with Gasteiger partial charge in [-0.3, -0.25) is 24.1 Å². The maximum atomic E-state index is 14.7. The lowest BCUT2D eigenvalue weighted by atomic mass is 9.92. The van der Waals surface area contributed by atoms with E-state index in [0.717, 1.165) is 37.7 Å². The van der Waals surface area contributed by atoms with E-state index in [1.54, 1.807) is 42.2 Å². The van der Waals surface area contributed by atoms with E-state index in [0.29, 0.717) is 58.5 Å². The molecule has 10 nitrogen and oxygen atoms in total. The summed E-state index contributed by atoms with van der Waals surface area (Å²) >= 11 is 6.59. The van der Waals surface area contributed by atoms with Gasteiger partial charge in [-0.05, 0) is 60.9 Å². The molecule has 0 unspecified atom stereocenters. The number of nitrogens with zero attached hydrogens (tertiary/aromatic N) is 6. The van der Waals surface area contributed by atoms with Crippen LogP contribution in [0.25, 0.3) is 11.3 Å². The van der Waals surface area contributed by atoms with Crippen molar-refractivity contribution in [3.63, 3.8) is 0 Å². The molecule has 1 atom stereocenters. The maximum absolute atomic E-state index is 14.7. The van der Waals surface area contributed by atoms with E-state index in [1.807, 2.05) is 35.6 Å². The highest BCUT2D eigenvalue weighted by molar-refractivity contribution is 6.31. The van der Waals surface area contributed by atoms with Crippen LogP contribution >= 0.6 is 24.0 Å². The quantitative estimate of drug-likeness (QED) is 0.205. The lowest BCUT2D eigenvalue weighted by Gasteiger charge is -2.40. The third-order valence-electron chi connectivity index (χ3n) is 9.78. The molecule has 2 amide bonds. The van der Waals surface area contributed by atoms with E-state index in [4.69, 9.17) is 16.3 Å². The number of carbonyl (C=O) groups is 2. The zero-order valence-electron chi connectivity index (χ0n) is 28.6. The molecule has 5 aromatic rings. The number of anilines is 2. The number of benzene rings is 3. The van der Waals surface area contributed by atoms with Crippen LogP contribution in [0.15, 0.2) is 79.1 Å². The molecule has 7 rings (SSSR count). The molecule has 1 saturated heterocycles. The normalized spacial score (nSPS) is 16.0. The number of morpholine rings is 1. The molecule has 3 aromatic carbocycles. The smallest absolute Gasteiger partial charge is 0.264 e. The number of rotatable bonds is 7. The van der Waals surface area contributed by atoms with Gasteiger partial charge in [-0.1, -0.05) is 35.9 Å². The predicted octanol–water partition coefficient (Wildman–Crippen LogP) is 6.53. The third-order valence-corrected chi connectivity index (χ3v) is 10.0. The SMILES string of the molecule is Cc1c(C(=O)N(c2ccc(O)c(F)c2)c2cnn(C)c2)cc(-c2cc(Cl)ccc2C(=O)N2Cc3ccccc3C[C@H]2CN2CCOCC2)n1C.Cl. The number of phenols is 1. The van der Waals surface area contributed by atoms with Crippen LogP contribution in [-0.2, 0) is 31.8 Å². The van der Waals surface area contributed by atoms with E-state index >= 15 is 0 Å². The molecular formula is C38H39Cl2FN6O4. The first-order valence-electron chi connectivity index (χ1n) is 16.5. The monoisotopic (exact) mass is 732 g/mol. The summed E-state index contributed by atoms with van der Waals surface area (Å²) < 4.78 is 23.6. The fourth-order valence-corrected chi connectivity index (χ4v) is 7.15. The number of carbonyl (C=O) groups excluding carboxylic acids is 2. The molecule has 0 spiro atoms. The van der Waals surface area contributed by atoms with Gasteiger partial charge in [0.05, 0.1) is 36.3 Å². The molecule has 266 valence electrons. The summed E-state index contributed by atoms with van der Waals surface area (Å²) in [6, 6.07) is 19.0. The molecule has 2 aromatic heterocycles. The molecule has 4 heterocycles. The molecule has 2 aliphatic heterocycles. The van der Waals surface area contributed by atoms with Crippen LogP contribution in [0.3, 0.4) is 0 Å². The van der Waals surface area contributed by atoms with Crippen LogP contribution in [0, 0.1) is 12.7 Å². The Hall–Kier alpha value is -4.68. The van der Waals surface area contributed by atoms with Crippen molar-refractivity contribution in [1.82, 2.24) is 24.1 Å². The van der Waals surface area contributed by atoms with Crippen molar-refractivity contribution in [3.05, 3.63) is 118 Å². The number of ether oxygens (including phenoxy) is 1. The van der Waals surface area contributed by atoms with Gasteiger partial charge >= 0.3 is 0 Å². The second-order valence-electron chi connectivity index (χ2n) is 12.9. The second-order valence-corrected chi connectivity index (χ2v) is 13.3. The van der Waals surface area contributed by atoms with Gasteiger partial charge in [-0.15, -0.1) is 12.4 Å². The highest BCUT2D eigenvalue weighted by atomic mass is 35.5. The number of aromatic hydroxyl groups is 1. The van der Waals surface area contributed by atoms with Crippen LogP contribution in [0.2, 0.25) is 5.02 Å². The Bertz CT molecular complexity index is 2090. The van der Waals surface area contributed by atoms with Crippen LogP contribution < -0.4 is 4.90 Å². The summed E-state index contributed by atoms with van der Waals surface area (Å²) in [5.74, 6) is -1.93. The van der Waals surface area contributed by atoms with Crippen molar-refractivity contribution in [3.8, 4) is 17.0 Å². The summed E-state index contributed by atoms with van der Waals surface area (Å²) in [7, 11) is 3.56. The number of hydrogen-bond acceptors (Lipinski definition) is 6. The molecule has 0 aliphatic carbocycles. The number of fused-ring (bicyclic) bond motifs is 1. The number of halogens is 3. The standard InChI is InChI=1S/C38H38ClFN6O4.ClH/c1-24-32(38(49)46(30-20-41-42(2)22-30)28-9-11-36(47)34(40)18-28)19-35(43(24)3)33-17-27(39)8-10-31(33)37(48)45-21-26-7-5-4-6-25(26)16-29(45)23-44-12-14-50-15-13-44;/h4-11,17-20,22,29,47H,12-16,21,23H2,1-3H3;1H/t29-;/m0./s1. The highest BCUT2D eigenvalue weighted by Gasteiger charge is 2.34. The zero-order valence-corrected chi connectivity index (χ0v) is 30.1. The number of hydrogen-bond donors (Lipinski definition) is 1. The molecule has 1 fully saturated rings. The zero-order chi connectivity index (χ0) is 35.1. The van der Waals surface area contributed by atoms with Gasteiger partial charge < -0.3 is 19.3 Å². The Morgan fingerprint density at radius 3 is 2.45 bits per heavy atom. The summed E-state index contributed by atoms with van der Waals surface area (Å²) in [6.07, 6.45) is 3.91. The molecule has 13 heteroatoms. The summed E-state index contributed by atoms with van der Waals surface area (Å²) in [5.41, 5.74) is 5.69. The minimum absolute atomic E-state index is 0. The van der Waals surface area contributed by atoms with Crippen molar-refractivity contribution >= 4 is 47.2 Å². The largest absolute Gasteiger partial charge is 0.505 e. The Labute approximate surface area is 307 Å². The predicted molar refractivity (Wildman–Crippen MR) is 197 cm³/mol. The third kappa shape index (κ3) is 7.12. The average molecular weight is 734 g/mol. The van der Waals surface area contributed by atoms with E-state index < -0.39 is 17.5 Å². The number of amides is 2. The Morgan fingerprint density at radius 2 is 1.75 bits per heavy atom. The first-order valence-corrected chi connectivity index (χ1v) is 16.9. The lowest BCUT2D eigenvalue weighted by molar-refractivity contribution is 0.0193. The molecule has 0 bridgehead atoms. The van der Waals surface area contributed by atoms with Crippen LogP contribution in [0.5, 0.6) is 5.75 Å². The molecule has 1 N–H and O–H groups in total. The van der Waals surface area contributed by atoms with E-state index in [1.165, 1.54) is 28.8 Å². The van der Waals surface area contributed by atoms with Gasteiger partial charge in [0.15, 0.2) is 11.6 Å². The molecule has 51 heavy (non-hydrogen) atoms. The fraction of sp³-hybridized carbons (Fsp3) is 0.289. The van der Waals surface area contributed by atoms with Crippen LogP contribution in [-0.4, -0.2) is 80.0 Å². The van der Waals surface area contributed by atoms with Crippen molar-refractivity contribution in [2.75, 3.05) is 37.7 Å². The van der Waals surface area contributed by atoms with Gasteiger partial charge in [-0.25, -0.2) is 4.39 Å². The van der Waals surface area contributed by atoms with Crippen molar-refractivity contribution in [2.24, 2.45) is 14.1 Å². The molecule has 2 aliphatic rings. The van der Waals surface area contributed by atoms with Gasteiger partial charge in [-0.2, -0.15) is 5.10 Å². The molecular weight excluding hydrogens is 694 g/mol. The maximum Gasteiger partial charge on any atom is 0.264 e. The topological polar surface area (TPSA) is 96.1 Å². The summed E-state index contributed by atoms with van der Waals surface area (Å²) in [4.78, 5) is 34.8.